The second-order valence-corrected chi connectivity index (χ2v) is 3.33. The number of rotatable bonds is 0. The lowest BCUT2D eigenvalue weighted by Gasteiger charge is -2.11. The van der Waals surface area contributed by atoms with Crippen LogP contribution in [-0.2, 0) is 5.41 Å². The lowest BCUT2D eigenvalue weighted by atomic mass is 9.97. The molecule has 0 unspecified atom stereocenters. The third-order valence-electron chi connectivity index (χ3n) is 1.19. The first kappa shape index (κ1) is 8.17. The number of hydrogen-bond acceptors (Lipinski definition) is 2. The van der Waals surface area contributed by atoms with Gasteiger partial charge in [0, 0.05) is 5.41 Å². The van der Waals surface area contributed by atoms with Crippen molar-refractivity contribution in [1.82, 2.24) is 4.98 Å². The van der Waals surface area contributed by atoms with E-state index in [1.807, 2.05) is 0 Å². The van der Waals surface area contributed by atoms with Gasteiger partial charge in [0.2, 0.25) is 5.89 Å². The van der Waals surface area contributed by atoms with Gasteiger partial charge in [0.25, 0.3) is 5.95 Å². The van der Waals surface area contributed by atoms with E-state index in [-0.39, 0.29) is 5.89 Å². The van der Waals surface area contributed by atoms with Crippen molar-refractivity contribution in [3.8, 4) is 0 Å². The molecule has 2 nitrogen and oxygen atoms in total. The molecule has 0 amide bonds. The summed E-state index contributed by atoms with van der Waals surface area (Å²) in [7, 11) is 0. The van der Waals surface area contributed by atoms with Crippen LogP contribution in [0, 0.1) is 12.0 Å². The second kappa shape index (κ2) is 2.29. The van der Waals surface area contributed by atoms with E-state index in [9.17, 15) is 8.78 Å². The zero-order chi connectivity index (χ0) is 8.65. The van der Waals surface area contributed by atoms with Gasteiger partial charge in [-0.3, -0.25) is 0 Å². The summed E-state index contributed by atoms with van der Waals surface area (Å²) in [5.41, 5.74) is -0.453. The van der Waals surface area contributed by atoms with E-state index in [1.54, 1.807) is 20.8 Å². The summed E-state index contributed by atoms with van der Waals surface area (Å²) in [6.07, 6.45) is 0. The van der Waals surface area contributed by atoms with Crippen LogP contribution in [0.3, 0.4) is 0 Å². The van der Waals surface area contributed by atoms with Crippen LogP contribution in [0.2, 0.25) is 0 Å². The molecule has 0 saturated heterocycles. The normalized spacial score (nSPS) is 12.1. The summed E-state index contributed by atoms with van der Waals surface area (Å²) in [6.45, 7) is 5.28. The Morgan fingerprint density at radius 3 is 2.00 bits per heavy atom. The van der Waals surface area contributed by atoms with Crippen molar-refractivity contribution < 1.29 is 13.2 Å². The van der Waals surface area contributed by atoms with E-state index in [4.69, 9.17) is 0 Å². The highest BCUT2D eigenvalue weighted by Crippen LogP contribution is 2.22. The molecular weight excluding hydrogens is 152 g/mol. The molecule has 0 N–H and O–H groups in total. The van der Waals surface area contributed by atoms with Gasteiger partial charge in [-0.25, -0.2) is 0 Å². The Bertz CT molecular complexity index is 242. The molecule has 0 saturated carbocycles. The molecule has 0 atom stereocenters. The van der Waals surface area contributed by atoms with Crippen molar-refractivity contribution in [1.29, 1.82) is 0 Å². The molecule has 1 rings (SSSR count). The van der Waals surface area contributed by atoms with Gasteiger partial charge in [0.1, 0.15) is 0 Å². The molecule has 1 aromatic rings. The van der Waals surface area contributed by atoms with Gasteiger partial charge in [-0.15, -0.1) is 0 Å². The summed E-state index contributed by atoms with van der Waals surface area (Å²) in [4.78, 5) is 3.27. The molecule has 11 heavy (non-hydrogen) atoms. The van der Waals surface area contributed by atoms with Crippen LogP contribution < -0.4 is 0 Å². The van der Waals surface area contributed by atoms with Gasteiger partial charge >= 0.3 is 6.01 Å². The van der Waals surface area contributed by atoms with Crippen LogP contribution in [0.15, 0.2) is 4.42 Å². The van der Waals surface area contributed by atoms with Crippen molar-refractivity contribution in [2.75, 3.05) is 0 Å². The fourth-order valence-electron chi connectivity index (χ4n) is 0.604. The Morgan fingerprint density at radius 2 is 1.82 bits per heavy atom. The standard InChI is InChI=1S/C7H9F2NO/c1-7(2,3)6-10-4(8)5(9)11-6/h1-3H3. The number of halogens is 2. The lowest BCUT2D eigenvalue weighted by Crippen LogP contribution is -2.11. The van der Waals surface area contributed by atoms with Gasteiger partial charge in [0.05, 0.1) is 0 Å². The minimum absolute atomic E-state index is 0.0764. The van der Waals surface area contributed by atoms with Gasteiger partial charge in [-0.1, -0.05) is 20.8 Å². The monoisotopic (exact) mass is 161 g/mol. The van der Waals surface area contributed by atoms with E-state index >= 15 is 0 Å². The first-order valence-electron chi connectivity index (χ1n) is 3.23. The molecule has 0 aliphatic rings. The third-order valence-corrected chi connectivity index (χ3v) is 1.19. The summed E-state index contributed by atoms with van der Waals surface area (Å²) >= 11 is 0. The van der Waals surface area contributed by atoms with Gasteiger partial charge in [-0.05, 0) is 0 Å². The smallest absolute Gasteiger partial charge is 0.335 e. The predicted octanol–water partition coefficient (Wildman–Crippen LogP) is 2.25. The number of aromatic nitrogens is 1. The van der Waals surface area contributed by atoms with E-state index < -0.39 is 17.4 Å². The topological polar surface area (TPSA) is 26.0 Å². The predicted molar refractivity (Wildman–Crippen MR) is 35.1 cm³/mol. The number of oxazole rings is 1. The molecule has 4 heteroatoms. The van der Waals surface area contributed by atoms with Gasteiger partial charge < -0.3 is 4.42 Å². The largest absolute Gasteiger partial charge is 0.413 e. The molecule has 1 aromatic heterocycles. The molecule has 0 spiro atoms. The maximum atomic E-state index is 12.3. The maximum Gasteiger partial charge on any atom is 0.335 e. The molecule has 62 valence electrons. The molecule has 0 radical (unpaired) electrons. The van der Waals surface area contributed by atoms with Crippen molar-refractivity contribution in [3.05, 3.63) is 17.9 Å². The SMILES string of the molecule is CC(C)(C)c1nc(F)c(F)o1. The van der Waals surface area contributed by atoms with Crippen molar-refractivity contribution in [2.45, 2.75) is 26.2 Å². The minimum atomic E-state index is -1.24. The highest BCUT2D eigenvalue weighted by atomic mass is 19.2. The quantitative estimate of drug-likeness (QED) is 0.583. The minimum Gasteiger partial charge on any atom is -0.413 e. The fraction of sp³-hybridized carbons (Fsp3) is 0.571. The first-order chi connectivity index (χ1) is 4.91. The fourth-order valence-corrected chi connectivity index (χ4v) is 0.604. The Balaban J connectivity index is 3.08. The highest BCUT2D eigenvalue weighted by Gasteiger charge is 2.23. The van der Waals surface area contributed by atoms with Crippen LogP contribution in [0.4, 0.5) is 8.78 Å². The van der Waals surface area contributed by atoms with Crippen LogP contribution in [-0.4, -0.2) is 4.98 Å². The summed E-state index contributed by atoms with van der Waals surface area (Å²) in [5.74, 6) is -1.09. The van der Waals surface area contributed by atoms with Crippen molar-refractivity contribution in [3.63, 3.8) is 0 Å². The summed E-state index contributed by atoms with van der Waals surface area (Å²) in [5, 5.41) is 0. The van der Waals surface area contributed by atoms with Crippen molar-refractivity contribution in [2.24, 2.45) is 0 Å². The Morgan fingerprint density at radius 1 is 1.27 bits per heavy atom. The molecule has 0 aliphatic carbocycles. The van der Waals surface area contributed by atoms with Gasteiger partial charge in [-0.2, -0.15) is 13.8 Å². The Labute approximate surface area is 63.2 Å². The van der Waals surface area contributed by atoms with E-state index in [1.165, 1.54) is 0 Å². The van der Waals surface area contributed by atoms with E-state index in [0.29, 0.717) is 0 Å². The average Bonchev–Trinajstić information content (AvgIpc) is 2.11. The van der Waals surface area contributed by atoms with E-state index in [0.717, 1.165) is 0 Å². The maximum absolute atomic E-state index is 12.3. The average molecular weight is 161 g/mol. The zero-order valence-electron chi connectivity index (χ0n) is 6.61. The van der Waals surface area contributed by atoms with Crippen molar-refractivity contribution >= 4 is 0 Å². The van der Waals surface area contributed by atoms with Gasteiger partial charge in [0.15, 0.2) is 0 Å². The summed E-state index contributed by atoms with van der Waals surface area (Å²) in [6, 6.07) is -1.24. The van der Waals surface area contributed by atoms with Crippen LogP contribution >= 0.6 is 0 Å². The third kappa shape index (κ3) is 1.56. The zero-order valence-corrected chi connectivity index (χ0v) is 6.61. The Hall–Kier alpha value is -0.930. The lowest BCUT2D eigenvalue weighted by molar-refractivity contribution is 0.284. The molecule has 0 fully saturated rings. The first-order valence-corrected chi connectivity index (χ1v) is 3.23. The molecule has 0 bridgehead atoms. The molecule has 0 aromatic carbocycles. The van der Waals surface area contributed by atoms with Crippen LogP contribution in [0.1, 0.15) is 26.7 Å². The molecule has 0 aliphatic heterocycles. The van der Waals surface area contributed by atoms with Crippen LogP contribution in [0.25, 0.3) is 0 Å². The molecule has 1 heterocycles. The molecular formula is C7H9F2NO. The second-order valence-electron chi connectivity index (χ2n) is 3.33. The highest BCUT2D eigenvalue weighted by molar-refractivity contribution is 4.97. The van der Waals surface area contributed by atoms with E-state index in [2.05, 4.69) is 9.40 Å². The van der Waals surface area contributed by atoms with Crippen LogP contribution in [0.5, 0.6) is 0 Å². The number of hydrogen-bond donors (Lipinski definition) is 0. The summed E-state index contributed by atoms with van der Waals surface area (Å²) < 4.78 is 29.0. The Kier molecular flexibility index (Phi) is 1.70. The number of nitrogens with zero attached hydrogens (tertiary/aromatic N) is 1.